The molecule has 0 aliphatic heterocycles. The largest absolute Gasteiger partial charge is 0.475 e. The Morgan fingerprint density at radius 3 is 2.77 bits per heavy atom. The molecule has 7 nitrogen and oxygen atoms in total. The Bertz CT molecular complexity index is 776. The Morgan fingerprint density at radius 2 is 2.23 bits per heavy atom. The molecule has 2 N–H and O–H groups in total. The number of nitrogens with zero attached hydrogens (tertiary/aromatic N) is 1. The van der Waals surface area contributed by atoms with Gasteiger partial charge in [-0.25, -0.2) is 22.9 Å². The predicted octanol–water partition coefficient (Wildman–Crippen LogP) is 1.83. The average Bonchev–Trinajstić information content (AvgIpc) is 3.05. The van der Waals surface area contributed by atoms with E-state index in [0.717, 1.165) is 22.4 Å². The van der Waals surface area contributed by atoms with E-state index in [1.165, 1.54) is 6.92 Å². The van der Waals surface area contributed by atoms with Crippen molar-refractivity contribution in [3.8, 4) is 0 Å². The number of aryl methyl sites for hydroxylation is 2. The molecular weight excluding hydrogens is 328 g/mol. The van der Waals surface area contributed by atoms with Crippen LogP contribution < -0.4 is 4.72 Å². The van der Waals surface area contributed by atoms with Gasteiger partial charge in [0.25, 0.3) is 0 Å². The minimum absolute atomic E-state index is 0.0485. The van der Waals surface area contributed by atoms with Gasteiger partial charge in [0.2, 0.25) is 15.8 Å². The van der Waals surface area contributed by atoms with Gasteiger partial charge in [-0.15, -0.1) is 11.3 Å². The molecule has 0 saturated heterocycles. The van der Waals surface area contributed by atoms with Crippen molar-refractivity contribution in [2.75, 3.05) is 6.54 Å². The molecule has 0 aromatic carbocycles. The van der Waals surface area contributed by atoms with Crippen LogP contribution in [0.5, 0.6) is 0 Å². The molecule has 2 heterocycles. The highest BCUT2D eigenvalue weighted by molar-refractivity contribution is 7.89. The zero-order valence-corrected chi connectivity index (χ0v) is 13.8. The Kier molecular flexibility index (Phi) is 4.99. The van der Waals surface area contributed by atoms with Crippen LogP contribution in [0.3, 0.4) is 0 Å². The van der Waals surface area contributed by atoms with Crippen molar-refractivity contribution in [1.29, 1.82) is 0 Å². The number of carbonyl (C=O) groups is 1. The topological polar surface area (TPSA) is 110 Å². The molecule has 2 rings (SSSR count). The lowest BCUT2D eigenvalue weighted by atomic mass is 10.4. The van der Waals surface area contributed by atoms with E-state index in [4.69, 9.17) is 9.52 Å². The fraction of sp³-hybridized carbons (Fsp3) is 0.385. The molecule has 0 aliphatic carbocycles. The van der Waals surface area contributed by atoms with E-state index < -0.39 is 21.8 Å². The number of aromatic carboxylic acids is 1. The van der Waals surface area contributed by atoms with E-state index in [2.05, 4.69) is 9.71 Å². The SMILES string of the molecule is CCc1cnc(CCNS(=O)(=O)c2cc(C(=O)O)oc2C)s1. The summed E-state index contributed by atoms with van der Waals surface area (Å²) in [5.74, 6) is -1.66. The van der Waals surface area contributed by atoms with E-state index in [1.54, 1.807) is 17.5 Å². The van der Waals surface area contributed by atoms with Crippen LogP contribution in [0, 0.1) is 6.92 Å². The van der Waals surface area contributed by atoms with Gasteiger partial charge in [0.1, 0.15) is 10.7 Å². The summed E-state index contributed by atoms with van der Waals surface area (Å²) in [5.41, 5.74) is 0. The Morgan fingerprint density at radius 1 is 1.50 bits per heavy atom. The second-order valence-electron chi connectivity index (χ2n) is 4.56. The molecule has 0 aliphatic rings. The molecule has 0 unspecified atom stereocenters. The van der Waals surface area contributed by atoms with Crippen molar-refractivity contribution in [2.24, 2.45) is 0 Å². The van der Waals surface area contributed by atoms with Gasteiger partial charge >= 0.3 is 5.97 Å². The zero-order chi connectivity index (χ0) is 16.3. The molecule has 0 fully saturated rings. The second kappa shape index (κ2) is 6.59. The van der Waals surface area contributed by atoms with E-state index in [1.807, 2.05) is 6.92 Å². The summed E-state index contributed by atoms with van der Waals surface area (Å²) in [6.45, 7) is 3.63. The van der Waals surface area contributed by atoms with Gasteiger partial charge in [0.05, 0.1) is 5.01 Å². The maximum absolute atomic E-state index is 12.2. The maximum atomic E-state index is 12.2. The van der Waals surface area contributed by atoms with Gasteiger partial charge in [-0.05, 0) is 13.3 Å². The van der Waals surface area contributed by atoms with Crippen LogP contribution in [0.1, 0.15) is 33.1 Å². The van der Waals surface area contributed by atoms with E-state index in [9.17, 15) is 13.2 Å². The number of nitrogens with one attached hydrogen (secondary N) is 1. The van der Waals surface area contributed by atoms with Gasteiger partial charge in [-0.1, -0.05) is 6.92 Å². The van der Waals surface area contributed by atoms with Crippen LogP contribution in [0.2, 0.25) is 0 Å². The predicted molar refractivity (Wildman–Crippen MR) is 80.8 cm³/mol. The van der Waals surface area contributed by atoms with Crippen molar-refractivity contribution < 1.29 is 22.7 Å². The molecule has 9 heteroatoms. The molecule has 120 valence electrons. The molecule has 0 saturated carbocycles. The fourth-order valence-electron chi connectivity index (χ4n) is 1.83. The average molecular weight is 344 g/mol. The summed E-state index contributed by atoms with van der Waals surface area (Å²) in [4.78, 5) is 16.0. The van der Waals surface area contributed by atoms with Crippen molar-refractivity contribution in [2.45, 2.75) is 31.6 Å². The van der Waals surface area contributed by atoms with E-state index in [-0.39, 0.29) is 17.2 Å². The highest BCUT2D eigenvalue weighted by Crippen LogP contribution is 2.20. The third kappa shape index (κ3) is 3.73. The minimum Gasteiger partial charge on any atom is -0.475 e. The maximum Gasteiger partial charge on any atom is 0.371 e. The molecule has 0 radical (unpaired) electrons. The highest BCUT2D eigenvalue weighted by atomic mass is 32.2. The summed E-state index contributed by atoms with van der Waals surface area (Å²) in [7, 11) is -3.80. The Labute approximate surface area is 132 Å². The van der Waals surface area contributed by atoms with Gasteiger partial charge in [-0.3, -0.25) is 0 Å². The molecule has 0 amide bonds. The summed E-state index contributed by atoms with van der Waals surface area (Å²) < 4.78 is 31.7. The fourth-order valence-corrected chi connectivity index (χ4v) is 3.91. The number of hydrogen-bond acceptors (Lipinski definition) is 6. The van der Waals surface area contributed by atoms with Crippen LogP contribution in [-0.4, -0.2) is 31.0 Å². The van der Waals surface area contributed by atoms with Crippen molar-refractivity contribution in [1.82, 2.24) is 9.71 Å². The van der Waals surface area contributed by atoms with E-state index in [0.29, 0.717) is 6.42 Å². The normalized spacial score (nSPS) is 11.7. The first-order valence-corrected chi connectivity index (χ1v) is 8.90. The lowest BCUT2D eigenvalue weighted by Crippen LogP contribution is -2.26. The second-order valence-corrected chi connectivity index (χ2v) is 7.49. The third-order valence-electron chi connectivity index (χ3n) is 2.95. The number of aromatic nitrogens is 1. The molecule has 2 aromatic heterocycles. The van der Waals surface area contributed by atoms with Gasteiger partial charge in [0.15, 0.2) is 0 Å². The van der Waals surface area contributed by atoms with Crippen LogP contribution in [0.25, 0.3) is 0 Å². The Hall–Kier alpha value is -1.71. The summed E-state index contributed by atoms with van der Waals surface area (Å²) in [5, 5.41) is 9.68. The molecule has 22 heavy (non-hydrogen) atoms. The molecule has 0 spiro atoms. The van der Waals surface area contributed by atoms with Crippen LogP contribution >= 0.6 is 11.3 Å². The molecule has 2 aromatic rings. The van der Waals surface area contributed by atoms with E-state index >= 15 is 0 Å². The van der Waals surface area contributed by atoms with Crippen molar-refractivity contribution in [3.63, 3.8) is 0 Å². The first-order valence-electron chi connectivity index (χ1n) is 6.60. The number of thiazole rings is 1. The number of furan rings is 1. The van der Waals surface area contributed by atoms with Crippen LogP contribution in [-0.2, 0) is 22.9 Å². The molecular formula is C13H16N2O5S2. The summed E-state index contributed by atoms with van der Waals surface area (Å²) in [6.07, 6.45) is 3.16. The third-order valence-corrected chi connectivity index (χ3v) is 5.72. The molecule has 0 bridgehead atoms. The highest BCUT2D eigenvalue weighted by Gasteiger charge is 2.23. The number of hydrogen-bond donors (Lipinski definition) is 2. The number of rotatable bonds is 7. The van der Waals surface area contributed by atoms with Crippen molar-refractivity contribution >= 4 is 27.3 Å². The number of sulfonamides is 1. The van der Waals surface area contributed by atoms with Crippen LogP contribution in [0.15, 0.2) is 21.6 Å². The first-order chi connectivity index (χ1) is 10.3. The van der Waals surface area contributed by atoms with Gasteiger partial charge in [0, 0.05) is 30.1 Å². The van der Waals surface area contributed by atoms with Crippen molar-refractivity contribution in [3.05, 3.63) is 33.7 Å². The minimum atomic E-state index is -3.80. The quantitative estimate of drug-likeness (QED) is 0.793. The Balaban J connectivity index is 2.03. The monoisotopic (exact) mass is 344 g/mol. The molecule has 0 atom stereocenters. The first kappa shape index (κ1) is 16.7. The summed E-state index contributed by atoms with van der Waals surface area (Å²) >= 11 is 1.55. The zero-order valence-electron chi connectivity index (χ0n) is 12.1. The summed E-state index contributed by atoms with van der Waals surface area (Å²) in [6, 6.07) is 1.01. The number of carboxylic acid groups (broad SMARTS) is 1. The van der Waals surface area contributed by atoms with Crippen LogP contribution in [0.4, 0.5) is 0 Å². The van der Waals surface area contributed by atoms with Gasteiger partial charge < -0.3 is 9.52 Å². The lowest BCUT2D eigenvalue weighted by molar-refractivity contribution is 0.0661. The standard InChI is InChI=1S/C13H16N2O5S2/c1-3-9-7-14-12(21-9)4-5-15-22(18,19)11-6-10(13(16)17)20-8(11)2/h6-7,15H,3-5H2,1-2H3,(H,16,17). The number of carboxylic acids is 1. The smallest absolute Gasteiger partial charge is 0.371 e. The van der Waals surface area contributed by atoms with Gasteiger partial charge in [-0.2, -0.15) is 0 Å². The lowest BCUT2D eigenvalue weighted by Gasteiger charge is -2.04.